The molecule has 0 spiro atoms. The average Bonchev–Trinajstić information content (AvgIpc) is 2.83. The molecule has 1 aromatic rings. The lowest BCUT2D eigenvalue weighted by molar-refractivity contribution is -0.152. The Hall–Kier alpha value is -2.90. The molecule has 36 heavy (non-hydrogen) atoms. The van der Waals surface area contributed by atoms with Crippen LogP contribution in [0.2, 0.25) is 0 Å². The molecule has 2 aliphatic carbocycles. The molecule has 4 atom stereocenters. The van der Waals surface area contributed by atoms with Crippen LogP contribution in [-0.2, 0) is 28.7 Å². The van der Waals surface area contributed by atoms with Crippen molar-refractivity contribution in [2.75, 3.05) is 10.6 Å². The molecule has 0 saturated heterocycles. The molecule has 1 aromatic carbocycles. The summed E-state index contributed by atoms with van der Waals surface area (Å²) in [5, 5.41) is 5.50. The van der Waals surface area contributed by atoms with Gasteiger partial charge in [-0.05, 0) is 74.6 Å². The molecule has 0 aromatic heterocycles. The molecule has 4 unspecified atom stereocenters. The zero-order valence-electron chi connectivity index (χ0n) is 21.6. The third kappa shape index (κ3) is 9.99. The lowest BCUT2D eigenvalue weighted by atomic mass is 9.89. The minimum atomic E-state index is -0.334. The summed E-state index contributed by atoms with van der Waals surface area (Å²) in [7, 11) is 0. The Kier molecular flexibility index (Phi) is 10.8. The smallest absolute Gasteiger partial charge is 0.306 e. The number of amides is 2. The molecular weight excluding hydrogens is 460 g/mol. The highest BCUT2D eigenvalue weighted by molar-refractivity contribution is 5.94. The number of hydrogen-bond donors (Lipinski definition) is 2. The standard InChI is InChI=1S/C28H40N2O6/c1-19-5-3-7-23(17-19)35-27(33)15-13-25(31)29-21-9-11-22(12-10-21)30-26(32)14-16-28(34)36-24-8-4-6-20(2)18-24/h9-12,19-20,23-24H,3-8,13-18H2,1-2H3,(H,29,31)(H,30,32). The minimum Gasteiger partial charge on any atom is -0.462 e. The van der Waals surface area contributed by atoms with Gasteiger partial charge in [0.25, 0.3) is 0 Å². The highest BCUT2D eigenvalue weighted by Gasteiger charge is 2.23. The SMILES string of the molecule is CC1CCCC(OC(=O)CCC(=O)Nc2ccc(NC(=O)CCC(=O)OC3CCCC(C)C3)cc2)C1. The van der Waals surface area contributed by atoms with Gasteiger partial charge in [0.2, 0.25) is 11.8 Å². The number of nitrogens with one attached hydrogen (secondary N) is 2. The molecule has 2 fully saturated rings. The Balaban J connectivity index is 1.31. The molecule has 2 N–H and O–H groups in total. The zero-order valence-corrected chi connectivity index (χ0v) is 21.6. The fourth-order valence-corrected chi connectivity index (χ4v) is 4.98. The Bertz CT molecular complexity index is 827. The molecule has 8 nitrogen and oxygen atoms in total. The van der Waals surface area contributed by atoms with Crippen LogP contribution in [0.3, 0.4) is 0 Å². The van der Waals surface area contributed by atoms with E-state index in [1.807, 2.05) is 0 Å². The van der Waals surface area contributed by atoms with E-state index in [2.05, 4.69) is 24.5 Å². The van der Waals surface area contributed by atoms with E-state index in [4.69, 9.17) is 9.47 Å². The minimum absolute atomic E-state index is 0.0292. The second-order valence-electron chi connectivity index (χ2n) is 10.4. The van der Waals surface area contributed by atoms with Gasteiger partial charge in [0.05, 0.1) is 12.8 Å². The van der Waals surface area contributed by atoms with Gasteiger partial charge >= 0.3 is 11.9 Å². The first-order valence-corrected chi connectivity index (χ1v) is 13.4. The number of carbonyl (C=O) groups is 4. The molecule has 2 amide bonds. The number of rotatable bonds is 10. The highest BCUT2D eigenvalue weighted by atomic mass is 16.5. The van der Waals surface area contributed by atoms with Crippen molar-refractivity contribution in [1.82, 2.24) is 0 Å². The Labute approximate surface area is 213 Å². The lowest BCUT2D eigenvalue weighted by Crippen LogP contribution is -2.25. The molecule has 0 heterocycles. The van der Waals surface area contributed by atoms with E-state index >= 15 is 0 Å². The predicted molar refractivity (Wildman–Crippen MR) is 137 cm³/mol. The van der Waals surface area contributed by atoms with Crippen molar-refractivity contribution in [3.05, 3.63) is 24.3 Å². The van der Waals surface area contributed by atoms with Crippen LogP contribution in [0, 0.1) is 11.8 Å². The molecule has 0 aliphatic heterocycles. The second-order valence-corrected chi connectivity index (χ2v) is 10.4. The van der Waals surface area contributed by atoms with E-state index in [9.17, 15) is 19.2 Å². The van der Waals surface area contributed by atoms with Crippen LogP contribution in [0.25, 0.3) is 0 Å². The third-order valence-electron chi connectivity index (χ3n) is 6.94. The van der Waals surface area contributed by atoms with Crippen LogP contribution in [0.15, 0.2) is 24.3 Å². The van der Waals surface area contributed by atoms with Gasteiger partial charge in [-0.2, -0.15) is 0 Å². The van der Waals surface area contributed by atoms with Crippen LogP contribution >= 0.6 is 0 Å². The van der Waals surface area contributed by atoms with E-state index in [1.54, 1.807) is 24.3 Å². The molecule has 8 heteroatoms. The van der Waals surface area contributed by atoms with Gasteiger partial charge < -0.3 is 20.1 Å². The maximum Gasteiger partial charge on any atom is 0.306 e. The molecule has 3 rings (SSSR count). The Morgan fingerprint density at radius 1 is 0.667 bits per heavy atom. The first-order chi connectivity index (χ1) is 17.3. The van der Waals surface area contributed by atoms with Gasteiger partial charge in [0.15, 0.2) is 0 Å². The highest BCUT2D eigenvalue weighted by Crippen LogP contribution is 2.27. The summed E-state index contributed by atoms with van der Waals surface area (Å²) in [4.78, 5) is 48.5. The molecule has 2 saturated carbocycles. The lowest BCUT2D eigenvalue weighted by Gasteiger charge is -2.26. The maximum atomic E-state index is 12.2. The Morgan fingerprint density at radius 2 is 1.06 bits per heavy atom. The van der Waals surface area contributed by atoms with Crippen LogP contribution < -0.4 is 10.6 Å². The zero-order chi connectivity index (χ0) is 25.9. The summed E-state index contributed by atoms with van der Waals surface area (Å²) >= 11 is 0. The first-order valence-electron chi connectivity index (χ1n) is 13.4. The summed E-state index contributed by atoms with van der Waals surface area (Å²) in [6.07, 6.45) is 8.22. The van der Waals surface area contributed by atoms with Crippen LogP contribution in [0.5, 0.6) is 0 Å². The largest absolute Gasteiger partial charge is 0.462 e. The van der Waals surface area contributed by atoms with Gasteiger partial charge in [0, 0.05) is 24.2 Å². The maximum absolute atomic E-state index is 12.2. The monoisotopic (exact) mass is 500 g/mol. The number of carbonyl (C=O) groups excluding carboxylic acids is 4. The molecule has 0 radical (unpaired) electrons. The van der Waals surface area contributed by atoms with Gasteiger partial charge in [-0.25, -0.2) is 0 Å². The summed E-state index contributed by atoms with van der Waals surface area (Å²) in [6.45, 7) is 4.33. The molecule has 0 bridgehead atoms. The average molecular weight is 501 g/mol. The summed E-state index contributed by atoms with van der Waals surface area (Å²) < 4.78 is 11.0. The van der Waals surface area contributed by atoms with E-state index in [0.717, 1.165) is 38.5 Å². The van der Waals surface area contributed by atoms with Crippen molar-refractivity contribution in [3.8, 4) is 0 Å². The summed E-state index contributed by atoms with van der Waals surface area (Å²) in [6, 6.07) is 6.70. The number of esters is 2. The van der Waals surface area contributed by atoms with Crippen molar-refractivity contribution in [2.24, 2.45) is 11.8 Å². The molecule has 2 aliphatic rings. The van der Waals surface area contributed by atoms with E-state index in [-0.39, 0.29) is 61.6 Å². The van der Waals surface area contributed by atoms with Crippen molar-refractivity contribution in [2.45, 2.75) is 103 Å². The van der Waals surface area contributed by atoms with Crippen LogP contribution in [-0.4, -0.2) is 36.0 Å². The third-order valence-corrected chi connectivity index (χ3v) is 6.94. The van der Waals surface area contributed by atoms with E-state index < -0.39 is 0 Å². The van der Waals surface area contributed by atoms with Gasteiger partial charge in [-0.1, -0.05) is 26.7 Å². The second kappa shape index (κ2) is 14.0. The summed E-state index contributed by atoms with van der Waals surface area (Å²) in [5.41, 5.74) is 1.13. The van der Waals surface area contributed by atoms with Crippen LogP contribution in [0.4, 0.5) is 11.4 Å². The molecular formula is C28H40N2O6. The number of hydrogen-bond acceptors (Lipinski definition) is 6. The quantitative estimate of drug-likeness (QED) is 0.418. The number of ether oxygens (including phenoxy) is 2. The van der Waals surface area contributed by atoms with Crippen molar-refractivity contribution < 1.29 is 28.7 Å². The number of anilines is 2. The normalized spacial score (nSPS) is 23.8. The summed E-state index contributed by atoms with van der Waals surface area (Å²) in [5.74, 6) is -0.0732. The molecule has 198 valence electrons. The van der Waals surface area contributed by atoms with E-state index in [0.29, 0.717) is 23.2 Å². The van der Waals surface area contributed by atoms with Gasteiger partial charge in [-0.3, -0.25) is 19.2 Å². The Morgan fingerprint density at radius 3 is 1.42 bits per heavy atom. The predicted octanol–water partition coefficient (Wildman–Crippen LogP) is 5.37. The van der Waals surface area contributed by atoms with Gasteiger partial charge in [0.1, 0.15) is 12.2 Å². The van der Waals surface area contributed by atoms with Crippen molar-refractivity contribution in [3.63, 3.8) is 0 Å². The van der Waals surface area contributed by atoms with Crippen molar-refractivity contribution >= 4 is 35.1 Å². The van der Waals surface area contributed by atoms with Crippen molar-refractivity contribution in [1.29, 1.82) is 0 Å². The van der Waals surface area contributed by atoms with Crippen LogP contribution in [0.1, 0.15) is 90.9 Å². The number of benzene rings is 1. The van der Waals surface area contributed by atoms with E-state index in [1.165, 1.54) is 12.8 Å². The first kappa shape index (κ1) is 27.7. The fourth-order valence-electron chi connectivity index (χ4n) is 4.98. The fraction of sp³-hybridized carbons (Fsp3) is 0.643. The van der Waals surface area contributed by atoms with Gasteiger partial charge in [-0.15, -0.1) is 0 Å². The topological polar surface area (TPSA) is 111 Å².